The van der Waals surface area contributed by atoms with E-state index in [0.717, 1.165) is 27.4 Å². The van der Waals surface area contributed by atoms with E-state index in [1.807, 2.05) is 42.5 Å². The van der Waals surface area contributed by atoms with E-state index >= 15 is 0 Å². The smallest absolute Gasteiger partial charge is 0.290 e. The molecule has 0 aromatic heterocycles. The Hall–Kier alpha value is -1.76. The minimum Gasteiger partial charge on any atom is -0.488 e. The van der Waals surface area contributed by atoms with Crippen LogP contribution in [-0.2, 0) is 11.4 Å². The average molecular weight is 425 g/mol. The Labute approximate surface area is 156 Å². The molecular formula is C17H11BrClNO3S. The summed E-state index contributed by atoms with van der Waals surface area (Å²) in [5.74, 6) is 0.316. The number of rotatable bonds is 4. The van der Waals surface area contributed by atoms with Gasteiger partial charge in [-0.25, -0.2) is 0 Å². The minimum atomic E-state index is -0.371. The second-order valence-electron chi connectivity index (χ2n) is 4.96. The number of hydrogen-bond acceptors (Lipinski definition) is 4. The highest BCUT2D eigenvalue weighted by molar-refractivity contribution is 9.10. The van der Waals surface area contributed by atoms with Crippen molar-refractivity contribution in [2.45, 2.75) is 6.61 Å². The van der Waals surface area contributed by atoms with Crippen LogP contribution in [0.2, 0.25) is 5.02 Å². The Morgan fingerprint density at radius 2 is 1.92 bits per heavy atom. The van der Waals surface area contributed by atoms with Crippen molar-refractivity contribution < 1.29 is 14.3 Å². The third kappa shape index (κ3) is 4.20. The van der Waals surface area contributed by atoms with Crippen LogP contribution in [-0.4, -0.2) is 11.1 Å². The minimum absolute atomic E-state index is 0.353. The maximum atomic E-state index is 11.6. The molecule has 4 nitrogen and oxygen atoms in total. The summed E-state index contributed by atoms with van der Waals surface area (Å²) >= 11 is 10.2. The van der Waals surface area contributed by atoms with E-state index in [4.69, 9.17) is 16.3 Å². The predicted octanol–water partition coefficient (Wildman–Crippen LogP) is 5.01. The number of thioether (sulfide) groups is 1. The zero-order chi connectivity index (χ0) is 17.1. The van der Waals surface area contributed by atoms with E-state index in [0.29, 0.717) is 22.3 Å². The molecule has 0 aliphatic carbocycles. The quantitative estimate of drug-likeness (QED) is 0.701. The summed E-state index contributed by atoms with van der Waals surface area (Å²) in [7, 11) is 0. The molecule has 0 saturated carbocycles. The summed E-state index contributed by atoms with van der Waals surface area (Å²) in [6.07, 6.45) is 1.67. The van der Waals surface area contributed by atoms with Gasteiger partial charge in [-0.05, 0) is 69.2 Å². The Kier molecular flexibility index (Phi) is 5.28. The van der Waals surface area contributed by atoms with Crippen molar-refractivity contribution in [2.24, 2.45) is 0 Å². The largest absolute Gasteiger partial charge is 0.488 e. The molecule has 0 radical (unpaired) electrons. The number of halogens is 2. The number of benzene rings is 2. The van der Waals surface area contributed by atoms with Crippen LogP contribution < -0.4 is 10.1 Å². The maximum Gasteiger partial charge on any atom is 0.290 e. The van der Waals surface area contributed by atoms with Crippen LogP contribution >= 0.6 is 39.3 Å². The van der Waals surface area contributed by atoms with Crippen LogP contribution in [0.5, 0.6) is 5.75 Å². The first kappa shape index (κ1) is 17.1. The van der Waals surface area contributed by atoms with Crippen molar-refractivity contribution in [2.75, 3.05) is 0 Å². The second kappa shape index (κ2) is 7.42. The summed E-state index contributed by atoms with van der Waals surface area (Å²) < 4.78 is 6.54. The fourth-order valence-corrected chi connectivity index (χ4v) is 3.36. The van der Waals surface area contributed by atoms with E-state index in [-0.39, 0.29) is 11.1 Å². The van der Waals surface area contributed by atoms with Crippen molar-refractivity contribution in [1.29, 1.82) is 0 Å². The van der Waals surface area contributed by atoms with Crippen LogP contribution in [0.4, 0.5) is 4.79 Å². The molecule has 2 amide bonds. The van der Waals surface area contributed by atoms with Crippen LogP contribution in [0.25, 0.3) is 6.08 Å². The van der Waals surface area contributed by atoms with Gasteiger partial charge >= 0.3 is 0 Å². The van der Waals surface area contributed by atoms with Gasteiger partial charge in [0.25, 0.3) is 11.1 Å². The van der Waals surface area contributed by atoms with Gasteiger partial charge in [-0.3, -0.25) is 14.9 Å². The number of imide groups is 1. The molecule has 2 aromatic carbocycles. The molecule has 1 fully saturated rings. The predicted molar refractivity (Wildman–Crippen MR) is 99.0 cm³/mol. The molecule has 0 unspecified atom stereocenters. The lowest BCUT2D eigenvalue weighted by Crippen LogP contribution is -2.17. The highest BCUT2D eigenvalue weighted by Gasteiger charge is 2.24. The molecule has 1 aliphatic rings. The Morgan fingerprint density at radius 1 is 1.17 bits per heavy atom. The van der Waals surface area contributed by atoms with E-state index < -0.39 is 0 Å². The van der Waals surface area contributed by atoms with Crippen molar-refractivity contribution in [3.05, 3.63) is 68.0 Å². The van der Waals surface area contributed by atoms with Crippen LogP contribution in [0.15, 0.2) is 51.8 Å². The third-order valence-electron chi connectivity index (χ3n) is 3.20. The van der Waals surface area contributed by atoms with E-state index in [1.54, 1.807) is 6.08 Å². The zero-order valence-electron chi connectivity index (χ0n) is 12.2. The van der Waals surface area contributed by atoms with Gasteiger partial charge in [-0.2, -0.15) is 0 Å². The molecule has 122 valence electrons. The topological polar surface area (TPSA) is 55.4 Å². The molecule has 1 aliphatic heterocycles. The van der Waals surface area contributed by atoms with Crippen molar-refractivity contribution in [1.82, 2.24) is 5.32 Å². The molecule has 1 heterocycles. The normalized spacial score (nSPS) is 15.7. The molecule has 3 rings (SSSR count). The lowest BCUT2D eigenvalue weighted by atomic mass is 10.2. The van der Waals surface area contributed by atoms with Crippen molar-refractivity contribution >= 4 is 56.5 Å². The van der Waals surface area contributed by atoms with Gasteiger partial charge in [0, 0.05) is 5.02 Å². The first-order valence-electron chi connectivity index (χ1n) is 6.93. The summed E-state index contributed by atoms with van der Waals surface area (Å²) in [5.41, 5.74) is 1.81. The number of carbonyl (C=O) groups excluding carboxylic acids is 2. The lowest BCUT2D eigenvalue weighted by Gasteiger charge is -2.09. The number of nitrogens with one attached hydrogen (secondary N) is 1. The van der Waals surface area contributed by atoms with Crippen molar-refractivity contribution in [3.8, 4) is 5.75 Å². The molecule has 7 heteroatoms. The SMILES string of the molecule is O=C1NC(=O)/C(=C/c2ccc(OCc3ccc(Cl)cc3)c(Br)c2)S1. The first-order valence-corrected chi connectivity index (χ1v) is 8.92. The van der Waals surface area contributed by atoms with Gasteiger partial charge in [-0.15, -0.1) is 0 Å². The third-order valence-corrected chi connectivity index (χ3v) is 4.89. The number of hydrogen-bond donors (Lipinski definition) is 1. The summed E-state index contributed by atoms with van der Waals surface area (Å²) in [4.78, 5) is 23.1. The fourth-order valence-electron chi connectivity index (χ4n) is 2.04. The first-order chi connectivity index (χ1) is 11.5. The highest BCUT2D eigenvalue weighted by atomic mass is 79.9. The summed E-state index contributed by atoms with van der Waals surface area (Å²) in [6.45, 7) is 0.420. The molecule has 1 saturated heterocycles. The van der Waals surface area contributed by atoms with Gasteiger partial charge in [0.05, 0.1) is 9.38 Å². The molecule has 0 bridgehead atoms. The molecule has 0 spiro atoms. The summed E-state index contributed by atoms with van der Waals surface area (Å²) in [5, 5.41) is 2.56. The fraction of sp³-hybridized carbons (Fsp3) is 0.0588. The van der Waals surface area contributed by atoms with Gasteiger partial charge < -0.3 is 4.74 Å². The van der Waals surface area contributed by atoms with E-state index in [9.17, 15) is 9.59 Å². The van der Waals surface area contributed by atoms with Gasteiger partial charge in [0.2, 0.25) is 0 Å². The van der Waals surface area contributed by atoms with Crippen molar-refractivity contribution in [3.63, 3.8) is 0 Å². The standard InChI is InChI=1S/C17H11BrClNO3S/c18-13-7-11(8-15-16(21)20-17(22)24-15)3-6-14(13)23-9-10-1-4-12(19)5-2-10/h1-8H,9H2,(H,20,21,22)/b15-8-. The maximum absolute atomic E-state index is 11.6. The lowest BCUT2D eigenvalue weighted by molar-refractivity contribution is -0.115. The van der Waals surface area contributed by atoms with Crippen LogP contribution in [0.3, 0.4) is 0 Å². The molecule has 2 aromatic rings. The molecule has 0 atom stereocenters. The molecule has 24 heavy (non-hydrogen) atoms. The van der Waals surface area contributed by atoms with E-state index in [2.05, 4.69) is 21.2 Å². The van der Waals surface area contributed by atoms with Gasteiger partial charge in [0.1, 0.15) is 12.4 Å². The van der Waals surface area contributed by atoms with Crippen LogP contribution in [0, 0.1) is 0 Å². The monoisotopic (exact) mass is 423 g/mol. The van der Waals surface area contributed by atoms with Gasteiger partial charge in [0.15, 0.2) is 0 Å². The summed E-state index contributed by atoms with van der Waals surface area (Å²) in [6, 6.07) is 12.9. The Morgan fingerprint density at radius 3 is 2.54 bits per heavy atom. The number of carbonyl (C=O) groups is 2. The second-order valence-corrected chi connectivity index (χ2v) is 7.26. The highest BCUT2D eigenvalue weighted by Crippen LogP contribution is 2.30. The number of ether oxygens (including phenoxy) is 1. The average Bonchev–Trinajstić information content (AvgIpc) is 2.86. The molecule has 1 N–H and O–H groups in total. The zero-order valence-corrected chi connectivity index (χ0v) is 15.4. The van der Waals surface area contributed by atoms with Crippen LogP contribution in [0.1, 0.15) is 11.1 Å². The number of amides is 2. The Bertz CT molecular complexity index is 836. The molecular weight excluding hydrogens is 414 g/mol. The Balaban J connectivity index is 1.70. The van der Waals surface area contributed by atoms with Gasteiger partial charge in [-0.1, -0.05) is 29.8 Å². The van der Waals surface area contributed by atoms with E-state index in [1.165, 1.54) is 0 Å².